The molecule has 0 radical (unpaired) electrons. The predicted octanol–water partition coefficient (Wildman–Crippen LogP) is 3.03. The predicted molar refractivity (Wildman–Crippen MR) is 109 cm³/mol. The fourth-order valence-corrected chi connectivity index (χ4v) is 3.94. The lowest BCUT2D eigenvalue weighted by Crippen LogP contribution is -2.35. The summed E-state index contributed by atoms with van der Waals surface area (Å²) in [6.07, 6.45) is 0. The van der Waals surface area contributed by atoms with Crippen molar-refractivity contribution >= 4 is 22.4 Å². The lowest BCUT2D eigenvalue weighted by atomic mass is 10.2. The van der Waals surface area contributed by atoms with E-state index in [1.807, 2.05) is 54.2 Å². The average Bonchev–Trinajstić information content (AvgIpc) is 3.28. The maximum absolute atomic E-state index is 12.5. The van der Waals surface area contributed by atoms with Gasteiger partial charge in [0, 0.05) is 36.3 Å². The number of nitrogens with zero attached hydrogens (tertiary/aromatic N) is 4. The summed E-state index contributed by atoms with van der Waals surface area (Å²) in [7, 11) is 0. The molecule has 1 aliphatic rings. The van der Waals surface area contributed by atoms with Crippen LogP contribution in [0.2, 0.25) is 0 Å². The molecule has 0 bridgehead atoms. The SMILES string of the molecule is Cc1cc(C)n(-c2ccc(C(=O)Nc3nc(CN4CCOCC4)cs3)cc2)n1. The van der Waals surface area contributed by atoms with Crippen LogP contribution < -0.4 is 5.32 Å². The van der Waals surface area contributed by atoms with E-state index in [0.29, 0.717) is 10.7 Å². The number of carbonyl (C=O) groups is 1. The Balaban J connectivity index is 1.39. The molecule has 1 fully saturated rings. The zero-order valence-electron chi connectivity index (χ0n) is 16.0. The van der Waals surface area contributed by atoms with E-state index in [1.165, 1.54) is 11.3 Å². The molecule has 0 saturated carbocycles. The summed E-state index contributed by atoms with van der Waals surface area (Å²) < 4.78 is 7.24. The van der Waals surface area contributed by atoms with Crippen LogP contribution in [0.15, 0.2) is 35.7 Å². The Labute approximate surface area is 168 Å². The van der Waals surface area contributed by atoms with E-state index in [-0.39, 0.29) is 5.91 Å². The number of hydrogen-bond donors (Lipinski definition) is 1. The molecule has 1 saturated heterocycles. The molecular formula is C20H23N5O2S. The second kappa shape index (κ2) is 8.22. The molecule has 8 heteroatoms. The molecule has 3 aromatic rings. The van der Waals surface area contributed by atoms with Gasteiger partial charge in [-0.2, -0.15) is 5.10 Å². The van der Waals surface area contributed by atoms with Crippen LogP contribution in [-0.4, -0.2) is 51.9 Å². The first-order valence-electron chi connectivity index (χ1n) is 9.28. The maximum Gasteiger partial charge on any atom is 0.257 e. The molecule has 146 valence electrons. The van der Waals surface area contributed by atoms with Crippen LogP contribution in [-0.2, 0) is 11.3 Å². The third-order valence-corrected chi connectivity index (χ3v) is 5.45. The van der Waals surface area contributed by atoms with Crippen molar-refractivity contribution in [3.05, 3.63) is 58.4 Å². The number of benzene rings is 1. The van der Waals surface area contributed by atoms with Crippen molar-refractivity contribution in [1.29, 1.82) is 0 Å². The van der Waals surface area contributed by atoms with E-state index < -0.39 is 0 Å². The quantitative estimate of drug-likeness (QED) is 0.716. The van der Waals surface area contributed by atoms with Gasteiger partial charge in [0.1, 0.15) is 0 Å². The normalized spacial score (nSPS) is 14.9. The highest BCUT2D eigenvalue weighted by Gasteiger charge is 2.14. The molecule has 1 aromatic carbocycles. The van der Waals surface area contributed by atoms with Crippen molar-refractivity contribution in [3.63, 3.8) is 0 Å². The minimum atomic E-state index is -0.160. The van der Waals surface area contributed by atoms with Crippen molar-refractivity contribution in [2.24, 2.45) is 0 Å². The third-order valence-electron chi connectivity index (χ3n) is 4.65. The van der Waals surface area contributed by atoms with Crippen LogP contribution in [0.3, 0.4) is 0 Å². The molecule has 4 rings (SSSR count). The Bertz CT molecular complexity index is 957. The van der Waals surface area contributed by atoms with Crippen molar-refractivity contribution in [2.45, 2.75) is 20.4 Å². The number of hydrogen-bond acceptors (Lipinski definition) is 6. The second-order valence-electron chi connectivity index (χ2n) is 6.87. The standard InChI is InChI=1S/C20H23N5O2S/c1-14-11-15(2)25(23-14)18-5-3-16(4-6-18)19(26)22-20-21-17(13-28-20)12-24-7-9-27-10-8-24/h3-6,11,13H,7-10,12H2,1-2H3,(H,21,22,26). The zero-order chi connectivity index (χ0) is 19.5. The molecule has 0 aliphatic carbocycles. The Hall–Kier alpha value is -2.55. The Kier molecular flexibility index (Phi) is 5.52. The number of ether oxygens (including phenoxy) is 1. The number of morpholine rings is 1. The fraction of sp³-hybridized carbons (Fsp3) is 0.350. The summed E-state index contributed by atoms with van der Waals surface area (Å²) in [5.41, 5.74) is 4.53. The van der Waals surface area contributed by atoms with Crippen molar-refractivity contribution in [1.82, 2.24) is 19.7 Å². The second-order valence-corrected chi connectivity index (χ2v) is 7.73. The monoisotopic (exact) mass is 397 g/mol. The molecule has 0 spiro atoms. The zero-order valence-corrected chi connectivity index (χ0v) is 16.8. The molecule has 0 atom stereocenters. The lowest BCUT2D eigenvalue weighted by molar-refractivity contribution is 0.0337. The van der Waals surface area contributed by atoms with Crippen LogP contribution in [0.4, 0.5) is 5.13 Å². The van der Waals surface area contributed by atoms with Gasteiger partial charge in [-0.3, -0.25) is 15.0 Å². The molecule has 1 aliphatic heterocycles. The van der Waals surface area contributed by atoms with Crippen LogP contribution in [0.1, 0.15) is 27.4 Å². The van der Waals surface area contributed by atoms with Gasteiger partial charge in [0.15, 0.2) is 5.13 Å². The topological polar surface area (TPSA) is 72.3 Å². The number of rotatable bonds is 5. The number of carbonyl (C=O) groups excluding carboxylic acids is 1. The number of aromatic nitrogens is 3. The summed E-state index contributed by atoms with van der Waals surface area (Å²) in [5.74, 6) is -0.160. The van der Waals surface area contributed by atoms with Gasteiger partial charge in [0.25, 0.3) is 5.91 Å². The van der Waals surface area contributed by atoms with E-state index in [4.69, 9.17) is 4.74 Å². The average molecular weight is 398 g/mol. The molecular weight excluding hydrogens is 374 g/mol. The third kappa shape index (κ3) is 4.30. The van der Waals surface area contributed by atoms with Gasteiger partial charge in [-0.1, -0.05) is 0 Å². The van der Waals surface area contributed by atoms with E-state index in [1.54, 1.807) is 0 Å². The minimum absolute atomic E-state index is 0.160. The molecule has 28 heavy (non-hydrogen) atoms. The Morgan fingerprint density at radius 1 is 1.21 bits per heavy atom. The number of nitrogens with one attached hydrogen (secondary N) is 1. The number of amides is 1. The maximum atomic E-state index is 12.5. The summed E-state index contributed by atoms with van der Waals surface area (Å²) in [6.45, 7) is 8.13. The number of aryl methyl sites for hydroxylation is 2. The van der Waals surface area contributed by atoms with Gasteiger partial charge in [0.2, 0.25) is 0 Å². The molecule has 1 amide bonds. The van der Waals surface area contributed by atoms with E-state index in [0.717, 1.165) is 55.6 Å². The molecule has 1 N–H and O–H groups in total. The van der Waals surface area contributed by atoms with Crippen LogP contribution >= 0.6 is 11.3 Å². The smallest absolute Gasteiger partial charge is 0.257 e. The van der Waals surface area contributed by atoms with E-state index in [2.05, 4.69) is 20.3 Å². The van der Waals surface area contributed by atoms with E-state index in [9.17, 15) is 4.79 Å². The van der Waals surface area contributed by atoms with Gasteiger partial charge in [-0.15, -0.1) is 11.3 Å². The summed E-state index contributed by atoms with van der Waals surface area (Å²) in [6, 6.07) is 9.45. The van der Waals surface area contributed by atoms with Crippen LogP contribution in [0, 0.1) is 13.8 Å². The van der Waals surface area contributed by atoms with E-state index >= 15 is 0 Å². The van der Waals surface area contributed by atoms with Gasteiger partial charge < -0.3 is 4.74 Å². The Morgan fingerprint density at radius 3 is 2.64 bits per heavy atom. The first kappa shape index (κ1) is 18.8. The van der Waals surface area contributed by atoms with Gasteiger partial charge >= 0.3 is 0 Å². The largest absolute Gasteiger partial charge is 0.379 e. The van der Waals surface area contributed by atoms with Gasteiger partial charge in [0.05, 0.1) is 30.3 Å². The first-order chi connectivity index (χ1) is 13.6. The highest BCUT2D eigenvalue weighted by molar-refractivity contribution is 7.13. The highest BCUT2D eigenvalue weighted by Crippen LogP contribution is 2.19. The van der Waals surface area contributed by atoms with Crippen LogP contribution in [0.25, 0.3) is 5.69 Å². The summed E-state index contributed by atoms with van der Waals surface area (Å²) >= 11 is 1.45. The molecule has 7 nitrogen and oxygen atoms in total. The lowest BCUT2D eigenvalue weighted by Gasteiger charge is -2.25. The van der Waals surface area contributed by atoms with Crippen LogP contribution in [0.5, 0.6) is 0 Å². The minimum Gasteiger partial charge on any atom is -0.379 e. The number of thiazole rings is 1. The summed E-state index contributed by atoms with van der Waals surface area (Å²) in [5, 5.41) is 9.98. The van der Waals surface area contributed by atoms with Crippen molar-refractivity contribution < 1.29 is 9.53 Å². The first-order valence-corrected chi connectivity index (χ1v) is 10.2. The van der Waals surface area contributed by atoms with Crippen molar-refractivity contribution in [2.75, 3.05) is 31.6 Å². The molecule has 2 aromatic heterocycles. The fourth-order valence-electron chi connectivity index (χ4n) is 3.24. The molecule has 0 unspecified atom stereocenters. The Morgan fingerprint density at radius 2 is 1.96 bits per heavy atom. The van der Waals surface area contributed by atoms with Gasteiger partial charge in [-0.25, -0.2) is 9.67 Å². The highest BCUT2D eigenvalue weighted by atomic mass is 32.1. The summed E-state index contributed by atoms with van der Waals surface area (Å²) in [4.78, 5) is 19.4. The van der Waals surface area contributed by atoms with Gasteiger partial charge in [-0.05, 0) is 44.2 Å². The number of anilines is 1. The van der Waals surface area contributed by atoms with Crippen molar-refractivity contribution in [3.8, 4) is 5.69 Å². The molecule has 3 heterocycles.